The first kappa shape index (κ1) is 19.2. The Hall–Kier alpha value is -2.77. The third-order valence-electron chi connectivity index (χ3n) is 6.34. The van der Waals surface area contributed by atoms with Crippen LogP contribution >= 0.6 is 0 Å². The van der Waals surface area contributed by atoms with Gasteiger partial charge in [0.05, 0.1) is 23.0 Å². The molecule has 0 spiro atoms. The Labute approximate surface area is 172 Å². The van der Waals surface area contributed by atoms with E-state index in [2.05, 4.69) is 15.2 Å². The van der Waals surface area contributed by atoms with Crippen molar-refractivity contribution >= 4 is 17.5 Å². The molecule has 1 saturated carbocycles. The second kappa shape index (κ2) is 7.18. The van der Waals surface area contributed by atoms with Gasteiger partial charge in [-0.3, -0.25) is 4.90 Å². The van der Waals surface area contributed by atoms with E-state index in [0.717, 1.165) is 63.0 Å². The molecule has 1 aromatic carbocycles. The second-order valence-electron chi connectivity index (χ2n) is 8.31. The van der Waals surface area contributed by atoms with Gasteiger partial charge >= 0.3 is 12.2 Å². The molecule has 1 saturated heterocycles. The molecule has 2 amide bonds. The first-order valence-corrected chi connectivity index (χ1v) is 10.4. The molecule has 0 radical (unpaired) electrons. The lowest BCUT2D eigenvalue weighted by Gasteiger charge is -2.36. The molecule has 2 fully saturated rings. The molecule has 1 aromatic heterocycles. The number of aromatic nitrogens is 1. The molecule has 5 rings (SSSR count). The van der Waals surface area contributed by atoms with E-state index in [0.29, 0.717) is 17.1 Å². The molecule has 2 aromatic rings. The van der Waals surface area contributed by atoms with Gasteiger partial charge in [0.25, 0.3) is 0 Å². The van der Waals surface area contributed by atoms with Gasteiger partial charge < -0.3 is 10.2 Å². The summed E-state index contributed by atoms with van der Waals surface area (Å²) in [6.07, 6.45) is 0.658. The van der Waals surface area contributed by atoms with Crippen molar-refractivity contribution in [2.75, 3.05) is 22.9 Å². The van der Waals surface area contributed by atoms with Crippen LogP contribution in [0.3, 0.4) is 0 Å². The Morgan fingerprint density at radius 1 is 1.10 bits per heavy atom. The van der Waals surface area contributed by atoms with Crippen LogP contribution in [0.25, 0.3) is 11.3 Å². The maximum Gasteiger partial charge on any atom is 0.416 e. The zero-order valence-corrected chi connectivity index (χ0v) is 16.5. The van der Waals surface area contributed by atoms with Crippen LogP contribution in [0.15, 0.2) is 36.4 Å². The largest absolute Gasteiger partial charge is 0.416 e. The molecule has 1 atom stereocenters. The Bertz CT molecular complexity index is 971. The number of benzene rings is 1. The average Bonchev–Trinajstić information content (AvgIpc) is 3.38. The summed E-state index contributed by atoms with van der Waals surface area (Å²) in [5, 5.41) is 3.14. The van der Waals surface area contributed by atoms with Gasteiger partial charge in [-0.1, -0.05) is 25.0 Å². The number of hydrogen-bond acceptors (Lipinski definition) is 3. The summed E-state index contributed by atoms with van der Waals surface area (Å²) in [6.45, 7) is 1.60. The number of pyridine rings is 1. The van der Waals surface area contributed by atoms with Crippen molar-refractivity contribution < 1.29 is 18.0 Å². The van der Waals surface area contributed by atoms with Gasteiger partial charge in [0.1, 0.15) is 0 Å². The number of urea groups is 1. The van der Waals surface area contributed by atoms with E-state index in [1.54, 1.807) is 17.0 Å². The van der Waals surface area contributed by atoms with E-state index in [9.17, 15) is 18.0 Å². The highest BCUT2D eigenvalue weighted by Gasteiger charge is 2.41. The smallest absolute Gasteiger partial charge is 0.366 e. The molecule has 3 heterocycles. The van der Waals surface area contributed by atoms with Crippen molar-refractivity contribution in [3.63, 3.8) is 0 Å². The molecule has 2 aliphatic heterocycles. The van der Waals surface area contributed by atoms with Crippen LogP contribution in [-0.2, 0) is 6.18 Å². The first-order valence-electron chi connectivity index (χ1n) is 10.4. The molecule has 5 nitrogen and oxygen atoms in total. The Balaban J connectivity index is 1.51. The Morgan fingerprint density at radius 3 is 2.67 bits per heavy atom. The lowest BCUT2D eigenvalue weighted by molar-refractivity contribution is -0.137. The van der Waals surface area contributed by atoms with Gasteiger partial charge in [0.2, 0.25) is 0 Å². The van der Waals surface area contributed by atoms with Gasteiger partial charge in [-0.25, -0.2) is 9.78 Å². The van der Waals surface area contributed by atoms with Crippen LogP contribution in [-0.4, -0.2) is 36.2 Å². The predicted octanol–water partition coefficient (Wildman–Crippen LogP) is 4.82. The minimum atomic E-state index is -4.41. The summed E-state index contributed by atoms with van der Waals surface area (Å²) >= 11 is 0. The van der Waals surface area contributed by atoms with Crippen LogP contribution in [0.2, 0.25) is 0 Å². The fraction of sp³-hybridized carbons (Fsp3) is 0.455. The monoisotopic (exact) mass is 416 g/mol. The van der Waals surface area contributed by atoms with Crippen LogP contribution < -0.4 is 15.1 Å². The molecule has 8 heteroatoms. The SMILES string of the molecule is O=C(NC1CCCC1)N1c2nc(-c3cccc(C(F)(F)F)c3)ccc2N2CC[C@@H]1C2. The van der Waals surface area contributed by atoms with Crippen molar-refractivity contribution in [3.8, 4) is 11.3 Å². The third kappa shape index (κ3) is 3.38. The number of nitrogens with one attached hydrogen (secondary N) is 1. The van der Waals surface area contributed by atoms with Crippen molar-refractivity contribution in [2.45, 2.75) is 50.4 Å². The molecule has 0 unspecified atom stereocenters. The van der Waals surface area contributed by atoms with Crippen molar-refractivity contribution in [2.24, 2.45) is 0 Å². The second-order valence-corrected chi connectivity index (χ2v) is 8.31. The number of rotatable bonds is 2. The summed E-state index contributed by atoms with van der Waals surface area (Å²) in [7, 11) is 0. The van der Waals surface area contributed by atoms with Crippen LogP contribution in [0.4, 0.5) is 29.5 Å². The number of carbonyl (C=O) groups excluding carboxylic acids is 1. The number of fused-ring (bicyclic) bond motifs is 4. The van der Waals surface area contributed by atoms with Gasteiger partial charge in [-0.2, -0.15) is 13.2 Å². The zero-order valence-electron chi connectivity index (χ0n) is 16.5. The number of hydrogen-bond donors (Lipinski definition) is 1. The fourth-order valence-corrected chi connectivity index (χ4v) is 4.80. The summed E-state index contributed by atoms with van der Waals surface area (Å²) in [4.78, 5) is 21.8. The van der Waals surface area contributed by atoms with E-state index in [1.165, 1.54) is 6.07 Å². The van der Waals surface area contributed by atoms with Gasteiger partial charge in [-0.05, 0) is 43.5 Å². The molecule has 3 aliphatic rings. The van der Waals surface area contributed by atoms with Crippen molar-refractivity contribution in [1.82, 2.24) is 10.3 Å². The zero-order chi connectivity index (χ0) is 20.9. The molecule has 158 valence electrons. The Morgan fingerprint density at radius 2 is 1.90 bits per heavy atom. The average molecular weight is 416 g/mol. The van der Waals surface area contributed by atoms with Crippen LogP contribution in [0, 0.1) is 0 Å². The number of alkyl halides is 3. The highest BCUT2D eigenvalue weighted by molar-refractivity contribution is 5.97. The maximum atomic E-state index is 13.1. The normalized spacial score (nSPS) is 21.1. The van der Waals surface area contributed by atoms with Crippen molar-refractivity contribution in [3.05, 3.63) is 42.0 Å². The third-order valence-corrected chi connectivity index (χ3v) is 6.34. The fourth-order valence-electron chi connectivity index (χ4n) is 4.80. The van der Waals surface area contributed by atoms with E-state index < -0.39 is 11.7 Å². The molecular formula is C22H23F3N4O. The van der Waals surface area contributed by atoms with Crippen molar-refractivity contribution in [1.29, 1.82) is 0 Å². The van der Waals surface area contributed by atoms with E-state index >= 15 is 0 Å². The highest BCUT2D eigenvalue weighted by atomic mass is 19.4. The summed E-state index contributed by atoms with van der Waals surface area (Å²) in [6, 6.07) is 8.83. The molecular weight excluding hydrogens is 393 g/mol. The quantitative estimate of drug-likeness (QED) is 0.764. The predicted molar refractivity (Wildman–Crippen MR) is 109 cm³/mol. The van der Waals surface area contributed by atoms with Gasteiger partial charge in [-0.15, -0.1) is 0 Å². The molecule has 30 heavy (non-hydrogen) atoms. The number of carbonyl (C=O) groups is 1. The summed E-state index contributed by atoms with van der Waals surface area (Å²) < 4.78 is 39.4. The molecule has 2 bridgehead atoms. The van der Waals surface area contributed by atoms with Crippen LogP contribution in [0.5, 0.6) is 0 Å². The highest BCUT2D eigenvalue weighted by Crippen LogP contribution is 2.41. The van der Waals surface area contributed by atoms with Crippen LogP contribution in [0.1, 0.15) is 37.7 Å². The minimum absolute atomic E-state index is 0.0307. The number of anilines is 2. The molecule has 1 aliphatic carbocycles. The minimum Gasteiger partial charge on any atom is -0.366 e. The standard InChI is InChI=1S/C22H23F3N4O/c23-22(24,25)15-5-3-4-14(12-15)18-8-9-19-20(27-18)29(17-10-11-28(19)13-17)21(30)26-16-6-1-2-7-16/h3-5,8-9,12,16-17H,1-2,6-7,10-11,13H2,(H,26,30)/t17-/m1/s1. The van der Waals surface area contributed by atoms with E-state index in [-0.39, 0.29) is 18.1 Å². The van der Waals surface area contributed by atoms with Gasteiger partial charge in [0.15, 0.2) is 5.82 Å². The lowest BCUT2D eigenvalue weighted by Crippen LogP contribution is -2.52. The summed E-state index contributed by atoms with van der Waals surface area (Å²) in [5.74, 6) is 0.536. The number of nitrogens with zero attached hydrogens (tertiary/aromatic N) is 3. The number of amides is 2. The van der Waals surface area contributed by atoms with Gasteiger partial charge in [0, 0.05) is 24.7 Å². The topological polar surface area (TPSA) is 48.5 Å². The first-order chi connectivity index (χ1) is 14.4. The maximum absolute atomic E-state index is 13.1. The van der Waals surface area contributed by atoms with E-state index in [4.69, 9.17) is 0 Å². The number of halogens is 3. The van der Waals surface area contributed by atoms with E-state index in [1.807, 2.05) is 6.07 Å². The summed E-state index contributed by atoms with van der Waals surface area (Å²) in [5.41, 5.74) is 0.970. The molecule has 1 N–H and O–H groups in total. The lowest BCUT2D eigenvalue weighted by atomic mass is 10.1. The Kier molecular flexibility index (Phi) is 4.60.